The van der Waals surface area contributed by atoms with E-state index in [1.54, 1.807) is 0 Å². The molecular formula is C12H11FO5. The topological polar surface area (TPSA) is 83.8 Å². The third-order valence-electron chi connectivity index (χ3n) is 2.95. The van der Waals surface area contributed by atoms with Crippen LogP contribution < -0.4 is 4.74 Å². The summed E-state index contributed by atoms with van der Waals surface area (Å²) in [5, 5.41) is 19.3. The fourth-order valence-electron chi connectivity index (χ4n) is 2.04. The van der Waals surface area contributed by atoms with Crippen molar-refractivity contribution in [2.75, 3.05) is 0 Å². The molecule has 1 aromatic carbocycles. The molecule has 1 aliphatic rings. The van der Waals surface area contributed by atoms with Crippen LogP contribution in [-0.4, -0.2) is 28.1 Å². The maximum absolute atomic E-state index is 13.5. The lowest BCUT2D eigenvalue weighted by molar-refractivity contribution is -0.142. The largest absolute Gasteiger partial charge is 0.507 e. The van der Waals surface area contributed by atoms with E-state index in [2.05, 4.69) is 0 Å². The van der Waals surface area contributed by atoms with Gasteiger partial charge in [-0.15, -0.1) is 0 Å². The number of hydrogen-bond acceptors (Lipinski definition) is 5. The van der Waals surface area contributed by atoms with Crippen LogP contribution in [0.2, 0.25) is 0 Å². The number of ether oxygens (including phenoxy) is 1. The molecule has 2 atom stereocenters. The van der Waals surface area contributed by atoms with Gasteiger partial charge in [0.15, 0.2) is 11.5 Å². The summed E-state index contributed by atoms with van der Waals surface area (Å²) in [4.78, 5) is 22.7. The van der Waals surface area contributed by atoms with E-state index in [1.165, 1.54) is 13.8 Å². The predicted molar refractivity (Wildman–Crippen MR) is 58.7 cm³/mol. The van der Waals surface area contributed by atoms with Gasteiger partial charge in [0.2, 0.25) is 6.17 Å². The molecule has 0 saturated heterocycles. The van der Waals surface area contributed by atoms with Crippen LogP contribution in [0.4, 0.5) is 4.39 Å². The first-order valence-electron chi connectivity index (χ1n) is 5.30. The van der Waals surface area contributed by atoms with E-state index in [1.807, 2.05) is 0 Å². The zero-order valence-corrected chi connectivity index (χ0v) is 9.73. The first-order chi connectivity index (χ1) is 8.34. The molecule has 2 rings (SSSR count). The van der Waals surface area contributed by atoms with Gasteiger partial charge in [0.1, 0.15) is 17.1 Å². The van der Waals surface area contributed by atoms with Gasteiger partial charge in [-0.3, -0.25) is 4.79 Å². The predicted octanol–water partition coefficient (Wildman–Crippen LogP) is 1.66. The molecule has 18 heavy (non-hydrogen) atoms. The summed E-state index contributed by atoms with van der Waals surface area (Å²) in [7, 11) is 0. The highest BCUT2D eigenvalue weighted by Crippen LogP contribution is 2.46. The maximum Gasteiger partial charge on any atom is 0.346 e. The van der Waals surface area contributed by atoms with Crippen molar-refractivity contribution in [2.24, 2.45) is 0 Å². The number of benzene rings is 1. The summed E-state index contributed by atoms with van der Waals surface area (Å²) >= 11 is 0. The van der Waals surface area contributed by atoms with Crippen molar-refractivity contribution < 1.29 is 28.9 Å². The van der Waals surface area contributed by atoms with Gasteiger partial charge in [0.25, 0.3) is 0 Å². The number of aromatic hydroxyl groups is 2. The minimum absolute atomic E-state index is 0.0186. The third kappa shape index (κ3) is 1.61. The highest BCUT2D eigenvalue weighted by atomic mass is 19.1. The Hall–Kier alpha value is -2.11. The van der Waals surface area contributed by atoms with Crippen LogP contribution in [-0.2, 0) is 4.79 Å². The van der Waals surface area contributed by atoms with Crippen LogP contribution in [0.25, 0.3) is 0 Å². The van der Waals surface area contributed by atoms with Crippen molar-refractivity contribution in [3.8, 4) is 17.2 Å². The van der Waals surface area contributed by atoms with E-state index in [9.17, 15) is 24.2 Å². The zero-order chi connectivity index (χ0) is 13.6. The summed E-state index contributed by atoms with van der Waals surface area (Å²) in [6.07, 6.45) is -1.91. The minimum atomic E-state index is -1.91. The number of phenolic OH excluding ortho intramolecular Hbond substituents is 2. The molecule has 0 amide bonds. The Morgan fingerprint density at radius 1 is 1.39 bits per heavy atom. The number of esters is 1. The molecular weight excluding hydrogens is 243 g/mol. The van der Waals surface area contributed by atoms with Crippen molar-refractivity contribution in [1.82, 2.24) is 0 Å². The molecule has 1 aliphatic heterocycles. The molecule has 0 aliphatic carbocycles. The second-order valence-electron chi connectivity index (χ2n) is 4.20. The molecule has 0 spiro atoms. The minimum Gasteiger partial charge on any atom is -0.507 e. The lowest BCUT2D eigenvalue weighted by Crippen LogP contribution is -2.32. The van der Waals surface area contributed by atoms with Crippen LogP contribution in [0.3, 0.4) is 0 Å². The first kappa shape index (κ1) is 12.3. The number of rotatable bonds is 1. The molecule has 0 fully saturated rings. The second-order valence-corrected chi connectivity index (χ2v) is 4.20. The van der Waals surface area contributed by atoms with Crippen LogP contribution in [0.1, 0.15) is 35.7 Å². The highest BCUT2D eigenvalue weighted by Gasteiger charge is 2.40. The lowest BCUT2D eigenvalue weighted by Gasteiger charge is -2.27. The fourth-order valence-corrected chi connectivity index (χ4v) is 2.04. The smallest absolute Gasteiger partial charge is 0.346 e. The standard InChI is InChI=1S/C12H11FO5/c1-4-8-6(15)3-7(16)9(5(2)14)11(8)18-12(17)10(4)13/h3-4,10,15-16H,1-2H3. The number of halogens is 1. The lowest BCUT2D eigenvalue weighted by atomic mass is 9.89. The Kier molecular flexibility index (Phi) is 2.73. The van der Waals surface area contributed by atoms with Crippen molar-refractivity contribution in [3.05, 3.63) is 17.2 Å². The average molecular weight is 254 g/mol. The summed E-state index contributed by atoms with van der Waals surface area (Å²) in [6.45, 7) is 2.57. The second kappa shape index (κ2) is 3.97. The molecule has 2 unspecified atom stereocenters. The van der Waals surface area contributed by atoms with E-state index in [0.717, 1.165) is 6.07 Å². The third-order valence-corrected chi connectivity index (χ3v) is 2.95. The number of ketones is 1. The fraction of sp³-hybridized carbons (Fsp3) is 0.333. The van der Waals surface area contributed by atoms with Crippen molar-refractivity contribution in [1.29, 1.82) is 0 Å². The van der Waals surface area contributed by atoms with Gasteiger partial charge in [0, 0.05) is 17.5 Å². The Morgan fingerprint density at radius 3 is 2.56 bits per heavy atom. The van der Waals surface area contributed by atoms with Crippen molar-refractivity contribution >= 4 is 11.8 Å². The molecule has 96 valence electrons. The van der Waals surface area contributed by atoms with E-state index in [4.69, 9.17) is 4.74 Å². The van der Waals surface area contributed by atoms with Gasteiger partial charge >= 0.3 is 5.97 Å². The van der Waals surface area contributed by atoms with Crippen molar-refractivity contribution in [2.45, 2.75) is 25.9 Å². The molecule has 1 aromatic rings. The van der Waals surface area contributed by atoms with E-state index < -0.39 is 35.3 Å². The molecule has 0 aromatic heterocycles. The van der Waals surface area contributed by atoms with Gasteiger partial charge in [0.05, 0.1) is 0 Å². The Bertz CT molecular complexity index is 552. The summed E-state index contributed by atoms with van der Waals surface area (Å²) in [5.74, 6) is -3.79. The Labute approximate surface area is 102 Å². The van der Waals surface area contributed by atoms with E-state index >= 15 is 0 Å². The van der Waals surface area contributed by atoms with Crippen molar-refractivity contribution in [3.63, 3.8) is 0 Å². The first-order valence-corrected chi connectivity index (χ1v) is 5.30. The Morgan fingerprint density at radius 2 is 2.00 bits per heavy atom. The summed E-state index contributed by atoms with van der Waals surface area (Å²) in [5.41, 5.74) is -0.208. The van der Waals surface area contributed by atoms with Crippen LogP contribution in [0, 0.1) is 0 Å². The quantitative estimate of drug-likeness (QED) is 0.452. The van der Waals surface area contributed by atoms with Gasteiger partial charge in [-0.05, 0) is 6.92 Å². The van der Waals surface area contributed by atoms with Gasteiger partial charge in [-0.2, -0.15) is 0 Å². The molecule has 0 radical (unpaired) electrons. The summed E-state index contributed by atoms with van der Waals surface area (Å²) in [6, 6.07) is 0.942. The number of alkyl halides is 1. The van der Waals surface area contributed by atoms with Gasteiger partial charge in [-0.25, -0.2) is 9.18 Å². The number of hydrogen-bond donors (Lipinski definition) is 2. The molecule has 0 bridgehead atoms. The molecule has 0 saturated carbocycles. The zero-order valence-electron chi connectivity index (χ0n) is 9.73. The van der Waals surface area contributed by atoms with Crippen LogP contribution in [0.15, 0.2) is 6.07 Å². The molecule has 6 heteroatoms. The van der Waals surface area contributed by atoms with E-state index in [-0.39, 0.29) is 16.9 Å². The summed E-state index contributed by atoms with van der Waals surface area (Å²) < 4.78 is 18.2. The normalized spacial score (nSPS) is 22.3. The highest BCUT2D eigenvalue weighted by molar-refractivity contribution is 6.02. The molecule has 2 N–H and O–H groups in total. The molecule has 5 nitrogen and oxygen atoms in total. The van der Waals surface area contributed by atoms with Crippen LogP contribution >= 0.6 is 0 Å². The number of fused-ring (bicyclic) bond motifs is 1. The van der Waals surface area contributed by atoms with Crippen LogP contribution in [0.5, 0.6) is 17.2 Å². The number of carbonyl (C=O) groups is 2. The number of phenols is 2. The van der Waals surface area contributed by atoms with E-state index in [0.29, 0.717) is 0 Å². The Balaban J connectivity index is 2.77. The maximum atomic E-state index is 13.5. The number of Topliss-reactive ketones (excluding diaryl/α,β-unsaturated/α-hetero) is 1. The van der Waals surface area contributed by atoms with Gasteiger partial charge < -0.3 is 14.9 Å². The molecule has 1 heterocycles. The number of carbonyl (C=O) groups excluding carboxylic acids is 2. The van der Waals surface area contributed by atoms with Gasteiger partial charge in [-0.1, -0.05) is 6.92 Å². The SMILES string of the molecule is CC(=O)c1c(O)cc(O)c2c1OC(=O)C(F)C2C. The monoisotopic (exact) mass is 254 g/mol. The average Bonchev–Trinajstić information content (AvgIpc) is 2.24.